The van der Waals surface area contributed by atoms with Crippen LogP contribution >= 0.6 is 47.8 Å². The number of rotatable bonds is 7. The molecule has 0 radical (unpaired) electrons. The highest BCUT2D eigenvalue weighted by Gasteiger charge is 2.48. The van der Waals surface area contributed by atoms with Crippen LogP contribution in [0, 0.1) is 0 Å². The number of benzene rings is 3. The maximum absolute atomic E-state index is 13.1. The standard InChI is InChI=1S/C27H21Br3O8/c1-34-27-23(38-26(33)17-6-12-20(30)13-7-17)22(37-25(32)16-4-10-19(29)11-5-16)21(14-35-27)36-24(31)15-2-8-18(28)9-3-15/h2-13,21-23,27H,14H2,1H3/t21-,22-,23+,27+/m0/s1. The fraction of sp³-hybridized carbons (Fsp3) is 0.222. The molecule has 1 saturated heterocycles. The number of halogens is 3. The van der Waals surface area contributed by atoms with E-state index in [2.05, 4.69) is 47.8 Å². The van der Waals surface area contributed by atoms with Crippen molar-refractivity contribution in [2.24, 2.45) is 0 Å². The molecule has 0 spiro atoms. The molecule has 1 aliphatic rings. The zero-order chi connectivity index (χ0) is 27.2. The molecule has 0 bridgehead atoms. The summed E-state index contributed by atoms with van der Waals surface area (Å²) in [6.07, 6.45) is -4.66. The third-order valence-corrected chi connectivity index (χ3v) is 7.19. The molecular formula is C27H21Br3O8. The van der Waals surface area contributed by atoms with Gasteiger partial charge >= 0.3 is 17.9 Å². The molecule has 0 N–H and O–H groups in total. The van der Waals surface area contributed by atoms with Gasteiger partial charge in [0.1, 0.15) is 0 Å². The highest BCUT2D eigenvalue weighted by molar-refractivity contribution is 9.11. The summed E-state index contributed by atoms with van der Waals surface area (Å²) in [6.45, 7) is -0.161. The van der Waals surface area contributed by atoms with Gasteiger partial charge < -0.3 is 23.7 Å². The van der Waals surface area contributed by atoms with Gasteiger partial charge in [-0.3, -0.25) is 0 Å². The molecule has 0 aliphatic carbocycles. The van der Waals surface area contributed by atoms with E-state index in [9.17, 15) is 14.4 Å². The van der Waals surface area contributed by atoms with Crippen molar-refractivity contribution in [2.45, 2.75) is 24.6 Å². The minimum Gasteiger partial charge on any atom is -0.452 e. The van der Waals surface area contributed by atoms with E-state index in [0.29, 0.717) is 0 Å². The first kappa shape index (κ1) is 28.4. The zero-order valence-electron chi connectivity index (χ0n) is 19.8. The highest BCUT2D eigenvalue weighted by Crippen LogP contribution is 2.28. The van der Waals surface area contributed by atoms with Crippen molar-refractivity contribution < 1.29 is 38.1 Å². The Hall–Kier alpha value is -2.57. The van der Waals surface area contributed by atoms with Gasteiger partial charge in [0, 0.05) is 20.5 Å². The number of methoxy groups -OCH3 is 1. The number of carbonyl (C=O) groups excluding carboxylic acids is 3. The van der Waals surface area contributed by atoms with Gasteiger partial charge in [0.25, 0.3) is 0 Å². The number of esters is 3. The van der Waals surface area contributed by atoms with Gasteiger partial charge in [-0.15, -0.1) is 0 Å². The summed E-state index contributed by atoms with van der Waals surface area (Å²) in [5.74, 6) is -2.06. The predicted octanol–water partition coefficient (Wildman–Crippen LogP) is 5.95. The van der Waals surface area contributed by atoms with E-state index in [4.69, 9.17) is 23.7 Å². The van der Waals surface area contributed by atoms with E-state index < -0.39 is 42.5 Å². The molecule has 4 atom stereocenters. The fourth-order valence-corrected chi connectivity index (χ4v) is 4.45. The monoisotopic (exact) mass is 710 g/mol. The van der Waals surface area contributed by atoms with Crippen LogP contribution in [-0.4, -0.2) is 56.2 Å². The third-order valence-electron chi connectivity index (χ3n) is 5.60. The van der Waals surface area contributed by atoms with Crippen LogP contribution in [0.5, 0.6) is 0 Å². The topological polar surface area (TPSA) is 97.4 Å². The van der Waals surface area contributed by atoms with Crippen molar-refractivity contribution in [2.75, 3.05) is 13.7 Å². The second-order valence-electron chi connectivity index (χ2n) is 8.14. The lowest BCUT2D eigenvalue weighted by atomic mass is 10.0. The molecule has 3 aromatic carbocycles. The van der Waals surface area contributed by atoms with Crippen molar-refractivity contribution in [1.29, 1.82) is 0 Å². The van der Waals surface area contributed by atoms with Crippen LogP contribution in [0.3, 0.4) is 0 Å². The highest BCUT2D eigenvalue weighted by atomic mass is 79.9. The van der Waals surface area contributed by atoms with Crippen LogP contribution in [0.1, 0.15) is 31.1 Å². The predicted molar refractivity (Wildman–Crippen MR) is 147 cm³/mol. The Balaban J connectivity index is 1.62. The Morgan fingerprint density at radius 2 is 1.00 bits per heavy atom. The summed E-state index contributed by atoms with van der Waals surface area (Å²) >= 11 is 9.99. The molecular weight excluding hydrogens is 692 g/mol. The molecule has 1 fully saturated rings. The van der Waals surface area contributed by atoms with E-state index >= 15 is 0 Å². The van der Waals surface area contributed by atoms with Gasteiger partial charge in [-0.05, 0) is 72.8 Å². The number of hydrogen-bond donors (Lipinski definition) is 0. The molecule has 0 unspecified atom stereocenters. The lowest BCUT2D eigenvalue weighted by molar-refractivity contribution is -0.260. The Kier molecular flexibility index (Phi) is 9.72. The van der Waals surface area contributed by atoms with Crippen molar-refractivity contribution >= 4 is 65.7 Å². The molecule has 3 aromatic rings. The molecule has 1 heterocycles. The third kappa shape index (κ3) is 7.09. The number of ether oxygens (including phenoxy) is 5. The first-order chi connectivity index (χ1) is 18.2. The first-order valence-corrected chi connectivity index (χ1v) is 13.7. The van der Waals surface area contributed by atoms with Crippen molar-refractivity contribution in [3.63, 3.8) is 0 Å². The minimum atomic E-state index is -1.24. The second-order valence-corrected chi connectivity index (χ2v) is 10.9. The summed E-state index contributed by atoms with van der Waals surface area (Å²) in [6, 6.07) is 19.6. The van der Waals surface area contributed by atoms with Crippen molar-refractivity contribution in [3.8, 4) is 0 Å². The lowest BCUT2D eigenvalue weighted by Crippen LogP contribution is -2.58. The van der Waals surface area contributed by atoms with Crippen LogP contribution in [-0.2, 0) is 23.7 Å². The Labute approximate surface area is 243 Å². The molecule has 0 amide bonds. The summed E-state index contributed by atoms with van der Waals surface area (Å²) in [5, 5.41) is 0. The molecule has 0 saturated carbocycles. The van der Waals surface area contributed by atoms with E-state index in [1.807, 2.05) is 0 Å². The summed E-state index contributed by atoms with van der Waals surface area (Å²) in [7, 11) is 1.37. The van der Waals surface area contributed by atoms with E-state index in [1.165, 1.54) is 7.11 Å². The Bertz CT molecular complexity index is 1280. The maximum atomic E-state index is 13.1. The minimum absolute atomic E-state index is 0.161. The maximum Gasteiger partial charge on any atom is 0.338 e. The SMILES string of the molecule is CO[C@@H]1OC[C@H](OC(=O)c2ccc(Br)cc2)[C@H](OC(=O)c2ccc(Br)cc2)[C@H]1OC(=O)c1ccc(Br)cc1. The number of carbonyl (C=O) groups is 3. The van der Waals surface area contributed by atoms with Crippen molar-refractivity contribution in [1.82, 2.24) is 0 Å². The van der Waals surface area contributed by atoms with Gasteiger partial charge in [-0.2, -0.15) is 0 Å². The quantitative estimate of drug-likeness (QED) is 0.219. The molecule has 1 aliphatic heterocycles. The van der Waals surface area contributed by atoms with E-state index in [1.54, 1.807) is 72.8 Å². The van der Waals surface area contributed by atoms with Crippen LogP contribution < -0.4 is 0 Å². The van der Waals surface area contributed by atoms with E-state index in [-0.39, 0.29) is 23.3 Å². The Morgan fingerprint density at radius 1 is 0.632 bits per heavy atom. The molecule has 198 valence electrons. The van der Waals surface area contributed by atoms with Crippen LogP contribution in [0.15, 0.2) is 86.2 Å². The summed E-state index contributed by atoms with van der Waals surface area (Å²) in [4.78, 5) is 39.0. The largest absolute Gasteiger partial charge is 0.452 e. The average molecular weight is 713 g/mol. The normalized spacial score (nSPS) is 20.8. The van der Waals surface area contributed by atoms with Crippen LogP contribution in [0.2, 0.25) is 0 Å². The Morgan fingerprint density at radius 3 is 1.39 bits per heavy atom. The first-order valence-electron chi connectivity index (χ1n) is 11.3. The second kappa shape index (κ2) is 13.0. The molecule has 38 heavy (non-hydrogen) atoms. The molecule has 0 aromatic heterocycles. The summed E-state index contributed by atoms with van der Waals surface area (Å²) < 4.78 is 30.7. The fourth-order valence-electron chi connectivity index (χ4n) is 3.66. The van der Waals surface area contributed by atoms with E-state index in [0.717, 1.165) is 13.4 Å². The zero-order valence-corrected chi connectivity index (χ0v) is 24.6. The van der Waals surface area contributed by atoms with Gasteiger partial charge in [0.2, 0.25) is 0 Å². The van der Waals surface area contributed by atoms with Gasteiger partial charge in [0.05, 0.1) is 23.3 Å². The lowest BCUT2D eigenvalue weighted by Gasteiger charge is -2.40. The van der Waals surface area contributed by atoms with Crippen LogP contribution in [0.25, 0.3) is 0 Å². The smallest absolute Gasteiger partial charge is 0.338 e. The molecule has 8 nitrogen and oxygen atoms in total. The van der Waals surface area contributed by atoms with Gasteiger partial charge in [-0.1, -0.05) is 47.8 Å². The summed E-state index contributed by atoms with van der Waals surface area (Å²) in [5.41, 5.74) is 0.795. The molecule has 4 rings (SSSR count). The molecule has 11 heteroatoms. The average Bonchev–Trinajstić information content (AvgIpc) is 2.91. The van der Waals surface area contributed by atoms with Crippen LogP contribution in [0.4, 0.5) is 0 Å². The van der Waals surface area contributed by atoms with Gasteiger partial charge in [-0.25, -0.2) is 14.4 Å². The van der Waals surface area contributed by atoms with Crippen molar-refractivity contribution in [3.05, 3.63) is 103 Å². The van der Waals surface area contributed by atoms with Gasteiger partial charge in [0.15, 0.2) is 24.6 Å². The number of hydrogen-bond acceptors (Lipinski definition) is 8.